The highest BCUT2D eigenvalue weighted by molar-refractivity contribution is 5.94. The first-order valence-corrected chi connectivity index (χ1v) is 3.49. The number of carbonyl (C=O) groups is 2. The van der Waals surface area contributed by atoms with Gasteiger partial charge in [0.15, 0.2) is 0 Å². The third kappa shape index (κ3) is 1.72. The molecule has 0 unspecified atom stereocenters. The monoisotopic (exact) mass is 167 g/mol. The second kappa shape index (κ2) is 3.71. The minimum Gasteiger partial charge on any atom is -0.452 e. The number of ether oxygens (including phenoxy) is 1. The van der Waals surface area contributed by atoms with Crippen molar-refractivity contribution in [3.05, 3.63) is 24.4 Å². The molecule has 0 bridgehead atoms. The summed E-state index contributed by atoms with van der Waals surface area (Å²) in [5, 5.41) is 0. The van der Waals surface area contributed by atoms with Gasteiger partial charge in [-0.3, -0.25) is 4.79 Å². The fourth-order valence-corrected chi connectivity index (χ4v) is 0.826. The van der Waals surface area contributed by atoms with Crippen molar-refractivity contribution in [2.75, 3.05) is 7.11 Å². The molecule has 12 heavy (non-hydrogen) atoms. The first kappa shape index (κ1) is 8.52. The Morgan fingerprint density at radius 3 is 3.00 bits per heavy atom. The summed E-state index contributed by atoms with van der Waals surface area (Å²) < 4.78 is 4.40. The van der Waals surface area contributed by atoms with Gasteiger partial charge in [0.2, 0.25) is 5.91 Å². The number of allylic oxidation sites excluding steroid dienone is 2. The van der Waals surface area contributed by atoms with Gasteiger partial charge in [0.05, 0.1) is 7.11 Å². The summed E-state index contributed by atoms with van der Waals surface area (Å²) in [7, 11) is 1.24. The zero-order chi connectivity index (χ0) is 8.97. The number of amides is 2. The van der Waals surface area contributed by atoms with E-state index in [-0.39, 0.29) is 12.3 Å². The van der Waals surface area contributed by atoms with E-state index in [0.717, 1.165) is 4.90 Å². The SMILES string of the molecule is COC(=O)N1C=CC=CCC1=O. The standard InChI is InChI=1S/C8H9NO3/c1-12-8(11)9-6-4-2-3-5-7(9)10/h2-4,6H,5H2,1H3. The fourth-order valence-electron chi connectivity index (χ4n) is 0.826. The van der Waals surface area contributed by atoms with E-state index in [2.05, 4.69) is 4.74 Å². The van der Waals surface area contributed by atoms with Crippen LogP contribution in [0.15, 0.2) is 24.4 Å². The van der Waals surface area contributed by atoms with E-state index in [1.807, 2.05) is 0 Å². The summed E-state index contributed by atoms with van der Waals surface area (Å²) >= 11 is 0. The third-order valence-corrected chi connectivity index (χ3v) is 1.41. The molecule has 0 radical (unpaired) electrons. The Kier molecular flexibility index (Phi) is 2.63. The van der Waals surface area contributed by atoms with Crippen LogP contribution in [0.5, 0.6) is 0 Å². The number of rotatable bonds is 0. The van der Waals surface area contributed by atoms with Crippen LogP contribution in [-0.4, -0.2) is 24.0 Å². The van der Waals surface area contributed by atoms with Crippen LogP contribution in [-0.2, 0) is 9.53 Å². The molecule has 1 heterocycles. The molecule has 1 aliphatic rings. The molecule has 0 spiro atoms. The zero-order valence-corrected chi connectivity index (χ0v) is 6.69. The van der Waals surface area contributed by atoms with Gasteiger partial charge in [0, 0.05) is 12.6 Å². The first-order valence-electron chi connectivity index (χ1n) is 3.49. The molecular formula is C8H9NO3. The number of imide groups is 1. The predicted octanol–water partition coefficient (Wildman–Crippen LogP) is 1.05. The van der Waals surface area contributed by atoms with Gasteiger partial charge in [-0.05, 0) is 6.08 Å². The molecule has 0 N–H and O–H groups in total. The highest BCUT2D eigenvalue weighted by Gasteiger charge is 2.18. The lowest BCUT2D eigenvalue weighted by atomic mass is 10.4. The molecule has 0 saturated carbocycles. The maximum atomic E-state index is 11.1. The van der Waals surface area contributed by atoms with E-state index in [4.69, 9.17) is 0 Å². The number of methoxy groups -OCH3 is 1. The van der Waals surface area contributed by atoms with Crippen molar-refractivity contribution in [1.82, 2.24) is 4.90 Å². The van der Waals surface area contributed by atoms with Gasteiger partial charge in [-0.15, -0.1) is 0 Å². The van der Waals surface area contributed by atoms with Crippen LogP contribution in [0.2, 0.25) is 0 Å². The summed E-state index contributed by atoms with van der Waals surface area (Å²) in [4.78, 5) is 23.0. The van der Waals surface area contributed by atoms with Crippen molar-refractivity contribution in [2.45, 2.75) is 6.42 Å². The molecule has 0 fully saturated rings. The molecule has 64 valence electrons. The molecule has 1 aliphatic heterocycles. The summed E-state index contributed by atoms with van der Waals surface area (Å²) in [6.45, 7) is 0. The third-order valence-electron chi connectivity index (χ3n) is 1.41. The van der Waals surface area contributed by atoms with Crippen molar-refractivity contribution in [3.8, 4) is 0 Å². The first-order chi connectivity index (χ1) is 5.75. The van der Waals surface area contributed by atoms with Crippen molar-refractivity contribution in [1.29, 1.82) is 0 Å². The number of carbonyl (C=O) groups excluding carboxylic acids is 2. The summed E-state index contributed by atoms with van der Waals surface area (Å²) in [6, 6.07) is 0. The Hall–Kier alpha value is -1.58. The smallest absolute Gasteiger partial charge is 0.420 e. The number of hydrogen-bond donors (Lipinski definition) is 0. The van der Waals surface area contributed by atoms with E-state index in [1.54, 1.807) is 18.2 Å². The van der Waals surface area contributed by atoms with Crippen molar-refractivity contribution >= 4 is 12.0 Å². The average Bonchev–Trinajstić information content (AvgIpc) is 2.28. The lowest BCUT2D eigenvalue weighted by Gasteiger charge is -2.12. The number of hydrogen-bond acceptors (Lipinski definition) is 3. The predicted molar refractivity (Wildman–Crippen MR) is 42.1 cm³/mol. The lowest BCUT2D eigenvalue weighted by molar-refractivity contribution is -0.126. The highest BCUT2D eigenvalue weighted by atomic mass is 16.5. The maximum absolute atomic E-state index is 11.1. The van der Waals surface area contributed by atoms with Crippen molar-refractivity contribution < 1.29 is 14.3 Å². The maximum Gasteiger partial charge on any atom is 0.420 e. The van der Waals surface area contributed by atoms with Crippen LogP contribution in [0.1, 0.15) is 6.42 Å². The molecule has 4 heteroatoms. The topological polar surface area (TPSA) is 46.6 Å². The van der Waals surface area contributed by atoms with Crippen molar-refractivity contribution in [2.24, 2.45) is 0 Å². The molecule has 0 aliphatic carbocycles. The molecule has 0 aromatic carbocycles. The van der Waals surface area contributed by atoms with Gasteiger partial charge < -0.3 is 4.74 Å². The molecule has 4 nitrogen and oxygen atoms in total. The minimum absolute atomic E-state index is 0.224. The van der Waals surface area contributed by atoms with Gasteiger partial charge in [-0.1, -0.05) is 12.2 Å². The normalized spacial score (nSPS) is 16.1. The van der Waals surface area contributed by atoms with E-state index < -0.39 is 6.09 Å². The van der Waals surface area contributed by atoms with Gasteiger partial charge >= 0.3 is 6.09 Å². The summed E-state index contributed by atoms with van der Waals surface area (Å²) in [5.41, 5.74) is 0. The van der Waals surface area contributed by atoms with Gasteiger partial charge in [0.1, 0.15) is 0 Å². The highest BCUT2D eigenvalue weighted by Crippen LogP contribution is 2.03. The van der Waals surface area contributed by atoms with Gasteiger partial charge in [-0.25, -0.2) is 9.69 Å². The zero-order valence-electron chi connectivity index (χ0n) is 6.69. The molecule has 0 aromatic heterocycles. The molecule has 1 rings (SSSR count). The Labute approximate surface area is 70.1 Å². The Morgan fingerprint density at radius 2 is 2.33 bits per heavy atom. The van der Waals surface area contributed by atoms with Gasteiger partial charge in [-0.2, -0.15) is 0 Å². The van der Waals surface area contributed by atoms with Crippen molar-refractivity contribution in [3.63, 3.8) is 0 Å². The molecular weight excluding hydrogens is 158 g/mol. The molecule has 0 atom stereocenters. The quantitative estimate of drug-likeness (QED) is 0.541. The molecule has 0 aromatic rings. The van der Waals surface area contributed by atoms with E-state index in [0.29, 0.717) is 0 Å². The second-order valence-corrected chi connectivity index (χ2v) is 2.21. The number of nitrogens with zero attached hydrogens (tertiary/aromatic N) is 1. The fraction of sp³-hybridized carbons (Fsp3) is 0.250. The van der Waals surface area contributed by atoms with E-state index in [1.165, 1.54) is 13.3 Å². The van der Waals surface area contributed by atoms with Crippen LogP contribution in [0, 0.1) is 0 Å². The van der Waals surface area contributed by atoms with Crippen LogP contribution in [0.25, 0.3) is 0 Å². The average molecular weight is 167 g/mol. The Morgan fingerprint density at radius 1 is 1.58 bits per heavy atom. The molecule has 0 saturated heterocycles. The van der Waals surface area contributed by atoms with Crippen LogP contribution >= 0.6 is 0 Å². The van der Waals surface area contributed by atoms with E-state index >= 15 is 0 Å². The minimum atomic E-state index is -0.653. The van der Waals surface area contributed by atoms with Crippen LogP contribution in [0.3, 0.4) is 0 Å². The Bertz CT molecular complexity index is 255. The Balaban J connectivity index is 2.76. The largest absolute Gasteiger partial charge is 0.452 e. The van der Waals surface area contributed by atoms with E-state index in [9.17, 15) is 9.59 Å². The van der Waals surface area contributed by atoms with Crippen LogP contribution in [0.4, 0.5) is 4.79 Å². The summed E-state index contributed by atoms with van der Waals surface area (Å²) in [5.74, 6) is -0.285. The second-order valence-electron chi connectivity index (χ2n) is 2.21. The van der Waals surface area contributed by atoms with Gasteiger partial charge in [0.25, 0.3) is 0 Å². The van der Waals surface area contributed by atoms with Crippen LogP contribution < -0.4 is 0 Å². The summed E-state index contributed by atoms with van der Waals surface area (Å²) in [6.07, 6.45) is 5.96. The lowest BCUT2D eigenvalue weighted by Crippen LogP contribution is -2.31. The molecule has 2 amide bonds.